The first-order valence-electron chi connectivity index (χ1n) is 7.35. The van der Waals surface area contributed by atoms with E-state index in [9.17, 15) is 9.59 Å². The Morgan fingerprint density at radius 1 is 1.45 bits per heavy atom. The molecule has 1 fully saturated rings. The van der Waals surface area contributed by atoms with Crippen LogP contribution in [0.3, 0.4) is 0 Å². The van der Waals surface area contributed by atoms with Crippen LogP contribution in [0.25, 0.3) is 0 Å². The molecule has 0 unspecified atom stereocenters. The van der Waals surface area contributed by atoms with Gasteiger partial charge in [0, 0.05) is 42.0 Å². The number of hydrogen-bond acceptors (Lipinski definition) is 2. The van der Waals surface area contributed by atoms with E-state index >= 15 is 0 Å². The summed E-state index contributed by atoms with van der Waals surface area (Å²) in [6.45, 7) is 2.56. The summed E-state index contributed by atoms with van der Waals surface area (Å²) in [6.07, 6.45) is 1.63. The van der Waals surface area contributed by atoms with Crippen molar-refractivity contribution in [1.82, 2.24) is 10.2 Å². The van der Waals surface area contributed by atoms with Crippen molar-refractivity contribution < 1.29 is 9.59 Å². The van der Waals surface area contributed by atoms with Crippen LogP contribution in [0.5, 0.6) is 0 Å². The SMILES string of the molecule is C[C@@H](Cc1ccc(Cl)cc1Cl)NC(=O)[C@@H]1CCN(C)C(=O)C1. The van der Waals surface area contributed by atoms with Gasteiger partial charge in [-0.05, 0) is 37.5 Å². The average Bonchev–Trinajstić information content (AvgIpc) is 2.45. The molecular formula is C16H20Cl2N2O2. The van der Waals surface area contributed by atoms with Gasteiger partial charge in [0.15, 0.2) is 0 Å². The predicted octanol–water partition coefficient (Wildman–Crippen LogP) is 2.91. The Bertz CT molecular complexity index is 577. The van der Waals surface area contributed by atoms with Gasteiger partial charge in [-0.2, -0.15) is 0 Å². The van der Waals surface area contributed by atoms with Crippen LogP contribution >= 0.6 is 23.2 Å². The largest absolute Gasteiger partial charge is 0.353 e. The van der Waals surface area contributed by atoms with Gasteiger partial charge in [0.1, 0.15) is 0 Å². The van der Waals surface area contributed by atoms with E-state index in [0.717, 1.165) is 5.56 Å². The quantitative estimate of drug-likeness (QED) is 0.914. The predicted molar refractivity (Wildman–Crippen MR) is 88.1 cm³/mol. The smallest absolute Gasteiger partial charge is 0.223 e. The number of carbonyl (C=O) groups excluding carboxylic acids is 2. The van der Waals surface area contributed by atoms with Crippen molar-refractivity contribution in [2.75, 3.05) is 13.6 Å². The van der Waals surface area contributed by atoms with Gasteiger partial charge in [0.2, 0.25) is 11.8 Å². The number of benzene rings is 1. The maximum Gasteiger partial charge on any atom is 0.223 e. The molecule has 1 N–H and O–H groups in total. The molecule has 0 saturated carbocycles. The third kappa shape index (κ3) is 4.37. The van der Waals surface area contributed by atoms with E-state index in [1.54, 1.807) is 24.1 Å². The molecule has 0 aromatic heterocycles. The molecule has 4 nitrogen and oxygen atoms in total. The number of nitrogens with one attached hydrogen (secondary N) is 1. The monoisotopic (exact) mass is 342 g/mol. The summed E-state index contributed by atoms with van der Waals surface area (Å²) in [6, 6.07) is 5.29. The molecular weight excluding hydrogens is 323 g/mol. The highest BCUT2D eigenvalue weighted by molar-refractivity contribution is 6.35. The minimum atomic E-state index is -0.230. The molecule has 1 aromatic carbocycles. The van der Waals surface area contributed by atoms with Crippen LogP contribution in [0.4, 0.5) is 0 Å². The second kappa shape index (κ2) is 7.34. The first-order valence-corrected chi connectivity index (χ1v) is 8.10. The van der Waals surface area contributed by atoms with Gasteiger partial charge < -0.3 is 10.2 Å². The van der Waals surface area contributed by atoms with Crippen LogP contribution in [0, 0.1) is 5.92 Å². The van der Waals surface area contributed by atoms with Crippen molar-refractivity contribution in [3.63, 3.8) is 0 Å². The summed E-state index contributed by atoms with van der Waals surface area (Å²) in [5, 5.41) is 4.17. The molecule has 0 spiro atoms. The Morgan fingerprint density at radius 3 is 2.82 bits per heavy atom. The summed E-state index contributed by atoms with van der Waals surface area (Å²) in [5.41, 5.74) is 0.943. The van der Waals surface area contributed by atoms with Gasteiger partial charge in [-0.3, -0.25) is 9.59 Å². The summed E-state index contributed by atoms with van der Waals surface area (Å²) < 4.78 is 0. The maximum atomic E-state index is 12.3. The highest BCUT2D eigenvalue weighted by Gasteiger charge is 2.29. The summed E-state index contributed by atoms with van der Waals surface area (Å²) in [7, 11) is 1.77. The van der Waals surface area contributed by atoms with Crippen molar-refractivity contribution in [3.8, 4) is 0 Å². The molecule has 0 bridgehead atoms. The van der Waals surface area contributed by atoms with Crippen LogP contribution in [-0.4, -0.2) is 36.3 Å². The number of piperidine rings is 1. The zero-order valence-electron chi connectivity index (χ0n) is 12.7. The third-order valence-electron chi connectivity index (χ3n) is 3.96. The molecule has 1 aromatic rings. The van der Waals surface area contributed by atoms with E-state index in [1.807, 2.05) is 13.0 Å². The van der Waals surface area contributed by atoms with E-state index in [-0.39, 0.29) is 30.2 Å². The van der Waals surface area contributed by atoms with Gasteiger partial charge in [-0.1, -0.05) is 29.3 Å². The summed E-state index contributed by atoms with van der Waals surface area (Å²) >= 11 is 12.0. The van der Waals surface area contributed by atoms with Crippen molar-refractivity contribution >= 4 is 35.0 Å². The lowest BCUT2D eigenvalue weighted by atomic mass is 9.95. The van der Waals surface area contributed by atoms with Gasteiger partial charge >= 0.3 is 0 Å². The zero-order chi connectivity index (χ0) is 16.3. The molecule has 1 heterocycles. The van der Waals surface area contributed by atoms with Gasteiger partial charge in [0.05, 0.1) is 0 Å². The number of halogens is 2. The topological polar surface area (TPSA) is 49.4 Å². The van der Waals surface area contributed by atoms with Gasteiger partial charge in [-0.15, -0.1) is 0 Å². The molecule has 0 aliphatic carbocycles. The Kier molecular flexibility index (Phi) is 5.70. The summed E-state index contributed by atoms with van der Waals surface area (Å²) in [4.78, 5) is 25.6. The molecule has 1 aliphatic heterocycles. The fourth-order valence-electron chi connectivity index (χ4n) is 2.60. The van der Waals surface area contributed by atoms with E-state index in [2.05, 4.69) is 5.32 Å². The molecule has 2 rings (SSSR count). The number of rotatable bonds is 4. The van der Waals surface area contributed by atoms with E-state index in [0.29, 0.717) is 29.4 Å². The second-order valence-electron chi connectivity index (χ2n) is 5.85. The van der Waals surface area contributed by atoms with Crippen LogP contribution < -0.4 is 5.32 Å². The van der Waals surface area contributed by atoms with Gasteiger partial charge in [-0.25, -0.2) is 0 Å². The lowest BCUT2D eigenvalue weighted by Crippen LogP contribution is -2.44. The van der Waals surface area contributed by atoms with Crippen molar-refractivity contribution in [1.29, 1.82) is 0 Å². The number of nitrogens with zero attached hydrogens (tertiary/aromatic N) is 1. The average molecular weight is 343 g/mol. The van der Waals surface area contributed by atoms with E-state index in [1.165, 1.54) is 0 Å². The number of hydrogen-bond donors (Lipinski definition) is 1. The lowest BCUT2D eigenvalue weighted by Gasteiger charge is -2.28. The molecule has 1 aliphatic rings. The number of amides is 2. The maximum absolute atomic E-state index is 12.3. The highest BCUT2D eigenvalue weighted by atomic mass is 35.5. The first-order chi connectivity index (χ1) is 10.4. The molecule has 1 saturated heterocycles. The normalized spacial score (nSPS) is 19.9. The standard InChI is InChI=1S/C16H20Cl2N2O2/c1-10(7-11-3-4-13(17)9-14(11)18)19-16(22)12-5-6-20(2)15(21)8-12/h3-4,9-10,12H,5-8H2,1-2H3,(H,19,22)/t10-,12+/m0/s1. The zero-order valence-corrected chi connectivity index (χ0v) is 14.2. The molecule has 2 amide bonds. The molecule has 2 atom stereocenters. The minimum absolute atomic E-state index is 0.0276. The van der Waals surface area contributed by atoms with E-state index in [4.69, 9.17) is 23.2 Å². The Balaban J connectivity index is 1.90. The fraction of sp³-hybridized carbons (Fsp3) is 0.500. The minimum Gasteiger partial charge on any atom is -0.353 e. The van der Waals surface area contributed by atoms with Crippen molar-refractivity contribution in [2.45, 2.75) is 32.2 Å². The van der Waals surface area contributed by atoms with Crippen LogP contribution in [0.15, 0.2) is 18.2 Å². The molecule has 120 valence electrons. The highest BCUT2D eigenvalue weighted by Crippen LogP contribution is 2.22. The number of carbonyl (C=O) groups is 2. The number of likely N-dealkylation sites (tertiary alicyclic amines) is 1. The van der Waals surface area contributed by atoms with Gasteiger partial charge in [0.25, 0.3) is 0 Å². The second-order valence-corrected chi connectivity index (χ2v) is 6.70. The van der Waals surface area contributed by atoms with Crippen molar-refractivity contribution in [3.05, 3.63) is 33.8 Å². The molecule has 6 heteroatoms. The van der Waals surface area contributed by atoms with Crippen LogP contribution in [0.2, 0.25) is 10.0 Å². The molecule has 22 heavy (non-hydrogen) atoms. The molecule has 0 radical (unpaired) electrons. The Morgan fingerprint density at radius 2 is 2.18 bits per heavy atom. The summed E-state index contributed by atoms with van der Waals surface area (Å²) in [5.74, 6) is -0.259. The van der Waals surface area contributed by atoms with Crippen molar-refractivity contribution in [2.24, 2.45) is 5.92 Å². The first kappa shape index (κ1) is 17.1. The Labute approximate surface area is 140 Å². The Hall–Kier alpha value is -1.26. The lowest BCUT2D eigenvalue weighted by molar-refractivity contribution is -0.139. The van der Waals surface area contributed by atoms with Crippen LogP contribution in [0.1, 0.15) is 25.3 Å². The third-order valence-corrected chi connectivity index (χ3v) is 4.55. The fourth-order valence-corrected chi connectivity index (χ4v) is 3.08. The van der Waals surface area contributed by atoms with Crippen LogP contribution in [-0.2, 0) is 16.0 Å². The van der Waals surface area contributed by atoms with E-state index < -0.39 is 0 Å².